The summed E-state index contributed by atoms with van der Waals surface area (Å²) < 4.78 is 0. The highest BCUT2D eigenvalue weighted by molar-refractivity contribution is 5.28. The van der Waals surface area contributed by atoms with Crippen LogP contribution >= 0.6 is 0 Å². The highest BCUT2D eigenvalue weighted by atomic mass is 14.4. The normalized spacial score (nSPS) is 14.9. The number of benzene rings is 1. The molecule has 1 saturated carbocycles. The van der Waals surface area contributed by atoms with Gasteiger partial charge >= 0.3 is 0 Å². The first-order valence-corrected chi connectivity index (χ1v) is 5.99. The SMILES string of the molecule is C.C.C.C.CC1(Cc2ccc(C(C)(C)C)cc2)CC1. The summed E-state index contributed by atoms with van der Waals surface area (Å²) in [6, 6.07) is 9.20. The summed E-state index contributed by atoms with van der Waals surface area (Å²) in [6.45, 7) is 9.20. The highest BCUT2D eigenvalue weighted by Crippen LogP contribution is 2.47. The van der Waals surface area contributed by atoms with E-state index >= 15 is 0 Å². The molecule has 0 aliphatic heterocycles. The Bertz CT molecular complexity index is 333. The van der Waals surface area contributed by atoms with Gasteiger partial charge in [-0.15, -0.1) is 0 Å². The van der Waals surface area contributed by atoms with Gasteiger partial charge in [-0.05, 0) is 41.2 Å². The lowest BCUT2D eigenvalue weighted by Gasteiger charge is -2.19. The second-order valence-electron chi connectivity index (χ2n) is 6.43. The molecule has 0 bridgehead atoms. The molecule has 0 heterocycles. The minimum Gasteiger partial charge on any atom is -0.0776 e. The summed E-state index contributed by atoms with van der Waals surface area (Å²) >= 11 is 0. The molecule has 1 fully saturated rings. The summed E-state index contributed by atoms with van der Waals surface area (Å²) in [4.78, 5) is 0. The van der Waals surface area contributed by atoms with Gasteiger partial charge in [0, 0.05) is 0 Å². The van der Waals surface area contributed by atoms with Crippen molar-refractivity contribution in [1.82, 2.24) is 0 Å². The van der Waals surface area contributed by atoms with Crippen LogP contribution in [0.15, 0.2) is 24.3 Å². The standard InChI is InChI=1S/C15H22.4CH4/c1-14(2,3)13-7-5-12(6-8-13)11-15(4)9-10-15;;;;/h5-8H,9-11H2,1-4H3;4*1H4. The van der Waals surface area contributed by atoms with Gasteiger partial charge < -0.3 is 0 Å². The number of hydrogen-bond acceptors (Lipinski definition) is 0. The molecule has 0 atom stereocenters. The lowest BCUT2D eigenvalue weighted by molar-refractivity contribution is 0.567. The third kappa shape index (κ3) is 6.27. The molecule has 0 aromatic heterocycles. The Morgan fingerprint density at radius 2 is 1.32 bits per heavy atom. The van der Waals surface area contributed by atoms with Crippen LogP contribution in [0.25, 0.3) is 0 Å². The van der Waals surface area contributed by atoms with Crippen LogP contribution in [0.1, 0.15) is 81.4 Å². The van der Waals surface area contributed by atoms with E-state index in [1.165, 1.54) is 30.4 Å². The predicted molar refractivity (Wildman–Crippen MR) is 93.1 cm³/mol. The summed E-state index contributed by atoms with van der Waals surface area (Å²) in [5.41, 5.74) is 3.85. The first-order chi connectivity index (χ1) is 6.89. The van der Waals surface area contributed by atoms with E-state index in [-0.39, 0.29) is 35.1 Å². The topological polar surface area (TPSA) is 0 Å². The van der Waals surface area contributed by atoms with Crippen LogP contribution in [0.3, 0.4) is 0 Å². The van der Waals surface area contributed by atoms with Crippen molar-refractivity contribution in [3.05, 3.63) is 35.4 Å². The van der Waals surface area contributed by atoms with Crippen LogP contribution in [0.5, 0.6) is 0 Å². The Labute approximate surface area is 123 Å². The van der Waals surface area contributed by atoms with E-state index in [1.807, 2.05) is 0 Å². The van der Waals surface area contributed by atoms with Crippen molar-refractivity contribution in [3.63, 3.8) is 0 Å². The Balaban J connectivity index is -0.000000640. The lowest BCUT2D eigenvalue weighted by Crippen LogP contribution is -2.11. The number of rotatable bonds is 2. The van der Waals surface area contributed by atoms with Gasteiger partial charge in [0.25, 0.3) is 0 Å². The van der Waals surface area contributed by atoms with Crippen molar-refractivity contribution in [2.24, 2.45) is 5.41 Å². The van der Waals surface area contributed by atoms with Gasteiger partial charge in [-0.3, -0.25) is 0 Å². The summed E-state index contributed by atoms with van der Waals surface area (Å²) in [5.74, 6) is 0. The zero-order valence-electron chi connectivity index (χ0n) is 10.4. The molecule has 2 rings (SSSR count). The maximum absolute atomic E-state index is 2.39. The third-order valence-corrected chi connectivity index (χ3v) is 3.55. The van der Waals surface area contributed by atoms with Gasteiger partial charge in [-0.25, -0.2) is 0 Å². The zero-order valence-corrected chi connectivity index (χ0v) is 10.4. The van der Waals surface area contributed by atoms with E-state index in [0.717, 1.165) is 0 Å². The fraction of sp³-hybridized carbons (Fsp3) is 0.684. The minimum atomic E-state index is 0. The molecule has 0 spiro atoms. The van der Waals surface area contributed by atoms with Gasteiger partial charge in [0.15, 0.2) is 0 Å². The van der Waals surface area contributed by atoms with Crippen molar-refractivity contribution in [3.8, 4) is 0 Å². The van der Waals surface area contributed by atoms with Crippen LogP contribution in [-0.2, 0) is 11.8 Å². The molecule has 19 heavy (non-hydrogen) atoms. The van der Waals surface area contributed by atoms with Crippen LogP contribution in [0.4, 0.5) is 0 Å². The Morgan fingerprint density at radius 1 is 0.895 bits per heavy atom. The van der Waals surface area contributed by atoms with Crippen LogP contribution < -0.4 is 0 Å². The molecular formula is C19H38. The maximum atomic E-state index is 2.39. The second-order valence-corrected chi connectivity index (χ2v) is 6.43. The van der Waals surface area contributed by atoms with Crippen molar-refractivity contribution < 1.29 is 0 Å². The average molecular weight is 267 g/mol. The lowest BCUT2D eigenvalue weighted by atomic mass is 9.86. The molecule has 114 valence electrons. The Morgan fingerprint density at radius 3 is 1.63 bits per heavy atom. The molecule has 0 amide bonds. The van der Waals surface area contributed by atoms with E-state index in [4.69, 9.17) is 0 Å². The van der Waals surface area contributed by atoms with Crippen molar-refractivity contribution in [2.45, 2.75) is 82.1 Å². The minimum absolute atomic E-state index is 0. The second kappa shape index (κ2) is 7.72. The summed E-state index contributed by atoms with van der Waals surface area (Å²) in [5, 5.41) is 0. The molecule has 1 aromatic carbocycles. The third-order valence-electron chi connectivity index (χ3n) is 3.55. The molecule has 0 nitrogen and oxygen atoms in total. The van der Waals surface area contributed by atoms with E-state index < -0.39 is 0 Å². The van der Waals surface area contributed by atoms with E-state index in [2.05, 4.69) is 52.0 Å². The van der Waals surface area contributed by atoms with E-state index in [1.54, 1.807) is 0 Å². The molecule has 0 heteroatoms. The fourth-order valence-corrected chi connectivity index (χ4v) is 2.01. The first kappa shape index (κ1) is 23.3. The van der Waals surface area contributed by atoms with Crippen LogP contribution in [-0.4, -0.2) is 0 Å². The van der Waals surface area contributed by atoms with Crippen molar-refractivity contribution in [2.75, 3.05) is 0 Å². The Hall–Kier alpha value is -0.780. The molecule has 0 unspecified atom stereocenters. The van der Waals surface area contributed by atoms with Gasteiger partial charge in [0.05, 0.1) is 0 Å². The average Bonchev–Trinajstić information content (AvgIpc) is 2.82. The number of hydrogen-bond donors (Lipinski definition) is 0. The molecule has 1 aliphatic rings. The smallest absolute Gasteiger partial charge is 0.0132 e. The van der Waals surface area contributed by atoms with Gasteiger partial charge in [0.1, 0.15) is 0 Å². The van der Waals surface area contributed by atoms with Gasteiger partial charge in [0.2, 0.25) is 0 Å². The van der Waals surface area contributed by atoms with Crippen molar-refractivity contribution >= 4 is 0 Å². The quantitative estimate of drug-likeness (QED) is 0.548. The summed E-state index contributed by atoms with van der Waals surface area (Å²) in [6.07, 6.45) is 4.08. The predicted octanol–water partition coefficient (Wildman–Crippen LogP) is 6.87. The van der Waals surface area contributed by atoms with E-state index in [0.29, 0.717) is 5.41 Å². The molecule has 0 N–H and O–H groups in total. The van der Waals surface area contributed by atoms with Gasteiger partial charge in [-0.2, -0.15) is 0 Å². The van der Waals surface area contributed by atoms with E-state index in [9.17, 15) is 0 Å². The summed E-state index contributed by atoms with van der Waals surface area (Å²) in [7, 11) is 0. The molecule has 0 radical (unpaired) electrons. The zero-order chi connectivity index (χ0) is 11.1. The molecular weight excluding hydrogens is 228 g/mol. The Kier molecular flexibility index (Phi) is 9.48. The van der Waals surface area contributed by atoms with Gasteiger partial charge in [-0.1, -0.05) is 81.7 Å². The monoisotopic (exact) mass is 266 g/mol. The van der Waals surface area contributed by atoms with Crippen molar-refractivity contribution in [1.29, 1.82) is 0 Å². The fourth-order valence-electron chi connectivity index (χ4n) is 2.01. The van der Waals surface area contributed by atoms with Crippen LogP contribution in [0.2, 0.25) is 0 Å². The molecule has 0 saturated heterocycles. The molecule has 1 aliphatic carbocycles. The maximum Gasteiger partial charge on any atom is -0.0132 e. The largest absolute Gasteiger partial charge is 0.0776 e. The van der Waals surface area contributed by atoms with Crippen LogP contribution in [0, 0.1) is 5.41 Å². The molecule has 1 aromatic rings. The first-order valence-electron chi connectivity index (χ1n) is 5.99. The highest BCUT2D eigenvalue weighted by Gasteiger charge is 2.36.